The number of amides is 1. The van der Waals surface area contributed by atoms with Crippen LogP contribution < -0.4 is 9.61 Å². The zero-order valence-corrected chi connectivity index (χ0v) is 19.0. The van der Waals surface area contributed by atoms with Crippen LogP contribution in [0, 0.1) is 17.0 Å². The highest BCUT2D eigenvalue weighted by atomic mass is 79.9. The van der Waals surface area contributed by atoms with E-state index in [0.29, 0.717) is 10.0 Å². The van der Waals surface area contributed by atoms with Crippen molar-refractivity contribution < 1.29 is 22.3 Å². The Bertz CT molecular complexity index is 1310. The number of halogens is 1. The molecule has 9 nitrogen and oxygen atoms in total. The molecule has 0 bridgehead atoms. The summed E-state index contributed by atoms with van der Waals surface area (Å²) in [5.41, 5.74) is 3.62. The van der Waals surface area contributed by atoms with Gasteiger partial charge in [-0.2, -0.15) is 13.5 Å². The molecule has 0 aromatic heterocycles. The first kappa shape index (κ1) is 23.1. The molecule has 0 spiro atoms. The Morgan fingerprint density at radius 1 is 1.12 bits per heavy atom. The van der Waals surface area contributed by atoms with Gasteiger partial charge < -0.3 is 4.18 Å². The van der Waals surface area contributed by atoms with Crippen LogP contribution in [0.5, 0.6) is 5.75 Å². The standard InChI is InChI=1S/C21H16BrN3O6S/c1-14-5-8-18(9-6-14)32(29,30)31-20-10-7-15(11-19(20)22)13-23-24-21(26)16-3-2-4-17(12-16)25(27)28/h2-13H,1H3,(H,24,26). The van der Waals surface area contributed by atoms with Gasteiger partial charge in [-0.1, -0.05) is 23.8 Å². The van der Waals surface area contributed by atoms with E-state index in [4.69, 9.17) is 4.18 Å². The van der Waals surface area contributed by atoms with Crippen LogP contribution in [0.3, 0.4) is 0 Å². The summed E-state index contributed by atoms with van der Waals surface area (Å²) in [5, 5.41) is 14.6. The maximum Gasteiger partial charge on any atom is 0.339 e. The van der Waals surface area contributed by atoms with Gasteiger partial charge in [0, 0.05) is 17.7 Å². The summed E-state index contributed by atoms with van der Waals surface area (Å²) in [6.07, 6.45) is 1.33. The second-order valence-electron chi connectivity index (χ2n) is 6.55. The molecule has 0 fully saturated rings. The minimum absolute atomic E-state index is 0.0319. The molecule has 0 saturated carbocycles. The predicted molar refractivity (Wildman–Crippen MR) is 121 cm³/mol. The van der Waals surface area contributed by atoms with E-state index in [-0.39, 0.29) is 21.9 Å². The first-order valence-electron chi connectivity index (χ1n) is 9.04. The first-order chi connectivity index (χ1) is 15.2. The average molecular weight is 518 g/mol. The molecule has 0 aliphatic heterocycles. The lowest BCUT2D eigenvalue weighted by molar-refractivity contribution is -0.384. The molecule has 0 saturated heterocycles. The van der Waals surface area contributed by atoms with E-state index in [0.717, 1.165) is 11.6 Å². The average Bonchev–Trinajstić information content (AvgIpc) is 2.76. The molecular weight excluding hydrogens is 502 g/mol. The highest BCUT2D eigenvalue weighted by Crippen LogP contribution is 2.28. The molecule has 3 aromatic rings. The zero-order chi connectivity index (χ0) is 23.3. The van der Waals surface area contributed by atoms with Crippen molar-refractivity contribution in [3.05, 3.63) is 98.0 Å². The number of hydrogen-bond donors (Lipinski definition) is 1. The molecule has 0 aliphatic rings. The second-order valence-corrected chi connectivity index (χ2v) is 8.95. The zero-order valence-electron chi connectivity index (χ0n) is 16.6. The first-order valence-corrected chi connectivity index (χ1v) is 11.2. The van der Waals surface area contributed by atoms with Crippen LogP contribution in [0.2, 0.25) is 0 Å². The second kappa shape index (κ2) is 9.71. The molecule has 1 N–H and O–H groups in total. The number of nitrogens with zero attached hydrogens (tertiary/aromatic N) is 2. The minimum atomic E-state index is -4.00. The van der Waals surface area contributed by atoms with Crippen molar-refractivity contribution in [1.82, 2.24) is 5.43 Å². The number of carbonyl (C=O) groups is 1. The van der Waals surface area contributed by atoms with Crippen LogP contribution in [-0.2, 0) is 10.1 Å². The molecule has 1 amide bonds. The lowest BCUT2D eigenvalue weighted by Crippen LogP contribution is -2.17. The SMILES string of the molecule is Cc1ccc(S(=O)(=O)Oc2ccc(C=NNC(=O)c3cccc([N+](=O)[O-])c3)cc2Br)cc1. The highest BCUT2D eigenvalue weighted by molar-refractivity contribution is 9.10. The van der Waals surface area contributed by atoms with Crippen molar-refractivity contribution in [1.29, 1.82) is 0 Å². The van der Waals surface area contributed by atoms with Crippen LogP contribution in [0.4, 0.5) is 5.69 Å². The van der Waals surface area contributed by atoms with Crippen LogP contribution >= 0.6 is 15.9 Å². The monoisotopic (exact) mass is 517 g/mol. The van der Waals surface area contributed by atoms with Gasteiger partial charge in [0.25, 0.3) is 11.6 Å². The van der Waals surface area contributed by atoms with E-state index in [1.165, 1.54) is 42.6 Å². The van der Waals surface area contributed by atoms with Gasteiger partial charge in [0.1, 0.15) is 4.90 Å². The number of carbonyl (C=O) groups excluding carboxylic acids is 1. The Hall–Kier alpha value is -3.57. The van der Waals surface area contributed by atoms with Crippen molar-refractivity contribution in [2.75, 3.05) is 0 Å². The number of hydrogen-bond acceptors (Lipinski definition) is 7. The van der Waals surface area contributed by atoms with Crippen LogP contribution in [0.15, 0.2) is 81.2 Å². The fourth-order valence-electron chi connectivity index (χ4n) is 2.53. The van der Waals surface area contributed by atoms with Crippen LogP contribution in [-0.4, -0.2) is 25.5 Å². The van der Waals surface area contributed by atoms with Gasteiger partial charge in [-0.25, -0.2) is 5.43 Å². The summed E-state index contributed by atoms with van der Waals surface area (Å²) in [6.45, 7) is 1.85. The highest BCUT2D eigenvalue weighted by Gasteiger charge is 2.18. The number of rotatable bonds is 7. The van der Waals surface area contributed by atoms with E-state index in [2.05, 4.69) is 26.5 Å². The summed E-state index contributed by atoms with van der Waals surface area (Å²) < 4.78 is 30.4. The van der Waals surface area contributed by atoms with E-state index >= 15 is 0 Å². The molecule has 164 valence electrons. The van der Waals surface area contributed by atoms with Gasteiger partial charge in [0.05, 0.1) is 15.6 Å². The van der Waals surface area contributed by atoms with Gasteiger partial charge in [-0.3, -0.25) is 14.9 Å². The van der Waals surface area contributed by atoms with E-state index in [1.54, 1.807) is 24.3 Å². The Labute approximate surface area is 192 Å². The van der Waals surface area contributed by atoms with E-state index < -0.39 is 20.9 Å². The fraction of sp³-hybridized carbons (Fsp3) is 0.0476. The molecule has 0 atom stereocenters. The summed E-state index contributed by atoms with van der Waals surface area (Å²) in [7, 11) is -4.00. The Kier molecular flexibility index (Phi) is 7.01. The minimum Gasteiger partial charge on any atom is -0.378 e. The van der Waals surface area contributed by atoms with Gasteiger partial charge >= 0.3 is 10.1 Å². The topological polar surface area (TPSA) is 128 Å². The van der Waals surface area contributed by atoms with Gasteiger partial charge in [-0.05, 0) is 64.8 Å². The van der Waals surface area contributed by atoms with Crippen molar-refractivity contribution in [3.8, 4) is 5.75 Å². The smallest absolute Gasteiger partial charge is 0.339 e. The van der Waals surface area contributed by atoms with Gasteiger partial charge in [0.15, 0.2) is 5.75 Å². The molecule has 11 heteroatoms. The van der Waals surface area contributed by atoms with Crippen molar-refractivity contribution in [2.45, 2.75) is 11.8 Å². The maximum atomic E-state index is 12.4. The summed E-state index contributed by atoms with van der Waals surface area (Å²) >= 11 is 3.26. The number of non-ortho nitro benzene ring substituents is 1. The molecule has 0 unspecified atom stereocenters. The fourth-order valence-corrected chi connectivity index (χ4v) is 4.06. The third-order valence-electron chi connectivity index (χ3n) is 4.16. The quantitative estimate of drug-likeness (QED) is 0.216. The Morgan fingerprint density at radius 3 is 2.50 bits per heavy atom. The third-order valence-corrected chi connectivity index (χ3v) is 6.03. The number of nitro benzene ring substituents is 1. The normalized spacial score (nSPS) is 11.3. The summed E-state index contributed by atoms with van der Waals surface area (Å²) in [6, 6.07) is 16.1. The number of benzene rings is 3. The molecule has 0 radical (unpaired) electrons. The number of nitro groups is 1. The largest absolute Gasteiger partial charge is 0.378 e. The number of nitrogens with one attached hydrogen (secondary N) is 1. The van der Waals surface area contributed by atoms with Crippen molar-refractivity contribution in [2.24, 2.45) is 5.10 Å². The van der Waals surface area contributed by atoms with Gasteiger partial charge in [-0.15, -0.1) is 0 Å². The predicted octanol–water partition coefficient (Wildman–Crippen LogP) is 4.20. The molecule has 32 heavy (non-hydrogen) atoms. The van der Waals surface area contributed by atoms with E-state index in [1.807, 2.05) is 6.92 Å². The molecule has 3 rings (SSSR count). The third kappa shape index (κ3) is 5.77. The maximum absolute atomic E-state index is 12.4. The van der Waals surface area contributed by atoms with Crippen molar-refractivity contribution in [3.63, 3.8) is 0 Å². The molecule has 3 aromatic carbocycles. The lowest BCUT2D eigenvalue weighted by atomic mass is 10.2. The van der Waals surface area contributed by atoms with Crippen molar-refractivity contribution >= 4 is 43.9 Å². The number of aryl methyl sites for hydroxylation is 1. The molecule has 0 aliphatic carbocycles. The summed E-state index contributed by atoms with van der Waals surface area (Å²) in [5.74, 6) is -0.531. The summed E-state index contributed by atoms with van der Waals surface area (Å²) in [4.78, 5) is 22.3. The Balaban J connectivity index is 1.68. The molecular formula is C21H16BrN3O6S. The van der Waals surface area contributed by atoms with E-state index in [9.17, 15) is 23.3 Å². The number of hydrazone groups is 1. The molecule has 0 heterocycles. The lowest BCUT2D eigenvalue weighted by Gasteiger charge is -2.09. The Morgan fingerprint density at radius 2 is 1.84 bits per heavy atom. The van der Waals surface area contributed by atoms with Gasteiger partial charge in [0.2, 0.25) is 0 Å². The van der Waals surface area contributed by atoms with Crippen LogP contribution in [0.25, 0.3) is 0 Å². The van der Waals surface area contributed by atoms with Crippen LogP contribution in [0.1, 0.15) is 21.5 Å².